The van der Waals surface area contributed by atoms with E-state index in [9.17, 15) is 18.0 Å². The average molecular weight is 334 g/mol. The second-order valence-corrected chi connectivity index (χ2v) is 7.31. The molecule has 0 aromatic rings. The standard InChI is InChI=1S/C8H17.C4H6O7S.Na/c1-3-5-7-8-6-4-2;5-3(6)1-2(4(7)8)12(9,10)11;/h1,3-8H2,2H3;2H,1H2,(H,5,6)(H,7,8)(H,9,10,11);. The molecule has 0 aromatic heterocycles. The van der Waals surface area contributed by atoms with E-state index in [1.165, 1.54) is 70.1 Å². The van der Waals surface area contributed by atoms with Gasteiger partial charge in [0.15, 0.2) is 5.25 Å². The van der Waals surface area contributed by atoms with Crippen molar-refractivity contribution in [3.8, 4) is 0 Å². The summed E-state index contributed by atoms with van der Waals surface area (Å²) in [6.45, 7) is 2.27. The maximum Gasteiger partial charge on any atom is 0.325 e. The van der Waals surface area contributed by atoms with Crippen molar-refractivity contribution in [1.82, 2.24) is 0 Å². The Hall–Kier alpha value is -0.150. The second kappa shape index (κ2) is 13.5. The Labute approximate surface area is 143 Å². The molecule has 0 heterocycles. The second-order valence-electron chi connectivity index (χ2n) is 4.71. The molecule has 0 aromatic carbocycles. The van der Waals surface area contributed by atoms with Crippen molar-refractivity contribution in [2.75, 3.05) is 0 Å². The molecule has 0 fully saturated rings. The van der Waals surface area contributed by atoms with E-state index in [-0.39, 0.29) is 0 Å². The molecule has 9 heteroatoms. The molecule has 3 N–H and O–H groups in total. The summed E-state index contributed by atoms with van der Waals surface area (Å²) < 4.78 is 30.2. The van der Waals surface area contributed by atoms with Gasteiger partial charge in [-0.25, -0.2) is 0 Å². The van der Waals surface area contributed by atoms with Crippen LogP contribution < -0.4 is 0 Å². The Morgan fingerprint density at radius 3 is 1.81 bits per heavy atom. The number of unbranched alkanes of at least 4 members (excludes halogenated alkanes) is 5. The minimum atomic E-state index is -4.84. The van der Waals surface area contributed by atoms with E-state index in [0.29, 0.717) is 0 Å². The zero-order chi connectivity index (χ0) is 16.9. The van der Waals surface area contributed by atoms with E-state index in [2.05, 4.69) is 6.92 Å². The van der Waals surface area contributed by atoms with Crippen LogP contribution >= 0.6 is 0 Å². The third-order valence-corrected chi connectivity index (χ3v) is 4.50. The molecule has 0 bridgehead atoms. The van der Waals surface area contributed by atoms with Crippen LogP contribution in [0.2, 0.25) is 3.67 Å². The molecule has 0 spiro atoms. The molecule has 21 heavy (non-hydrogen) atoms. The molecule has 1 unspecified atom stereocenters. The summed E-state index contributed by atoms with van der Waals surface area (Å²) in [5.41, 5.74) is 0. The zero-order valence-electron chi connectivity index (χ0n) is 12.6. The van der Waals surface area contributed by atoms with Gasteiger partial charge in [0, 0.05) is 0 Å². The molecule has 0 saturated carbocycles. The monoisotopic (exact) mass is 334 g/mol. The summed E-state index contributed by atoms with van der Waals surface area (Å²) in [4.78, 5) is 20.0. The maximum absolute atomic E-state index is 10.2. The molecule has 7 nitrogen and oxygen atoms in total. The number of carboxylic acids is 2. The molecule has 120 valence electrons. The summed E-state index contributed by atoms with van der Waals surface area (Å²) in [5.74, 6) is -3.50. The summed E-state index contributed by atoms with van der Waals surface area (Å²) in [6.07, 6.45) is 7.60. The van der Waals surface area contributed by atoms with E-state index in [0.717, 1.165) is 0 Å². The average Bonchev–Trinajstić information content (AvgIpc) is 2.35. The fraction of sp³-hybridized carbons (Fsp3) is 0.833. The SMILES string of the molecule is CCCCCCC[CH2][Na].O=C(O)CC(C(=O)O)S(=O)(=O)O. The topological polar surface area (TPSA) is 129 Å². The van der Waals surface area contributed by atoms with Crippen molar-refractivity contribution in [2.45, 2.75) is 60.8 Å². The molecule has 0 aliphatic rings. The summed E-state index contributed by atoms with van der Waals surface area (Å²) >= 11 is 1.41. The predicted molar refractivity (Wildman–Crippen MR) is 79.2 cm³/mol. The van der Waals surface area contributed by atoms with Crippen molar-refractivity contribution in [1.29, 1.82) is 0 Å². The van der Waals surface area contributed by atoms with E-state index >= 15 is 0 Å². The summed E-state index contributed by atoms with van der Waals surface area (Å²) in [6, 6.07) is 0. The Balaban J connectivity index is 0. The summed E-state index contributed by atoms with van der Waals surface area (Å²) in [5, 5.41) is 13.9. The van der Waals surface area contributed by atoms with Crippen LogP contribution in [-0.4, -0.2) is 68.3 Å². The van der Waals surface area contributed by atoms with Crippen LogP contribution in [0, 0.1) is 0 Å². The van der Waals surface area contributed by atoms with Crippen LogP contribution in [0.1, 0.15) is 51.9 Å². The first kappa shape index (κ1) is 23.1. The van der Waals surface area contributed by atoms with Crippen LogP contribution in [0.4, 0.5) is 0 Å². The van der Waals surface area contributed by atoms with Gasteiger partial charge in [0.05, 0.1) is 6.42 Å². The zero-order valence-corrected chi connectivity index (χ0v) is 15.4. The van der Waals surface area contributed by atoms with E-state index in [1.807, 2.05) is 0 Å². The van der Waals surface area contributed by atoms with Gasteiger partial charge in [0.2, 0.25) is 0 Å². The van der Waals surface area contributed by atoms with Crippen molar-refractivity contribution >= 4 is 50.0 Å². The number of hydrogen-bond acceptors (Lipinski definition) is 4. The third-order valence-electron chi connectivity index (χ3n) is 2.70. The first-order chi connectivity index (χ1) is 9.66. The Kier molecular flexibility index (Phi) is 14.9. The fourth-order valence-corrected chi connectivity index (χ4v) is 2.62. The smallest absolute Gasteiger partial charge is 0.325 e. The number of rotatable bonds is 10. The Bertz CT molecular complexity index is 388. The van der Waals surface area contributed by atoms with Crippen LogP contribution in [-0.2, 0) is 19.7 Å². The van der Waals surface area contributed by atoms with Gasteiger partial charge in [0.1, 0.15) is 0 Å². The number of carbonyl (C=O) groups is 2. The number of hydrogen-bond donors (Lipinski definition) is 3. The van der Waals surface area contributed by atoms with Crippen LogP contribution in [0.25, 0.3) is 0 Å². The largest absolute Gasteiger partial charge is 0.481 e. The maximum atomic E-state index is 10.2. The van der Waals surface area contributed by atoms with Crippen molar-refractivity contribution < 1.29 is 32.8 Å². The van der Waals surface area contributed by atoms with Gasteiger partial charge in [0.25, 0.3) is 10.1 Å². The van der Waals surface area contributed by atoms with Crippen molar-refractivity contribution in [3.05, 3.63) is 0 Å². The van der Waals surface area contributed by atoms with Gasteiger partial charge in [-0.05, 0) is 0 Å². The summed E-state index contributed by atoms with van der Waals surface area (Å²) in [7, 11) is -4.84. The molecule has 1 atom stereocenters. The Morgan fingerprint density at radius 1 is 1.05 bits per heavy atom. The van der Waals surface area contributed by atoms with Crippen molar-refractivity contribution in [3.63, 3.8) is 0 Å². The fourth-order valence-electron chi connectivity index (χ4n) is 1.51. The van der Waals surface area contributed by atoms with Gasteiger partial charge in [-0.2, -0.15) is 8.42 Å². The molecule has 0 radical (unpaired) electrons. The minimum absolute atomic E-state index is 1.16. The van der Waals surface area contributed by atoms with Crippen LogP contribution in [0.3, 0.4) is 0 Å². The predicted octanol–water partition coefficient (Wildman–Crippen LogP) is 1.74. The van der Waals surface area contributed by atoms with E-state index in [4.69, 9.17) is 14.8 Å². The molecule has 0 saturated heterocycles. The number of aliphatic carboxylic acids is 2. The third kappa shape index (κ3) is 16.1. The normalized spacial score (nSPS) is 12.2. The molecular formula is C12H23NaO7S. The van der Waals surface area contributed by atoms with Gasteiger partial charge < -0.3 is 10.2 Å². The van der Waals surface area contributed by atoms with E-state index < -0.39 is 33.7 Å². The number of carboxylic acid groups (broad SMARTS) is 2. The van der Waals surface area contributed by atoms with Gasteiger partial charge >= 0.3 is 89.0 Å². The molecule has 0 aliphatic carbocycles. The Morgan fingerprint density at radius 2 is 1.52 bits per heavy atom. The first-order valence-corrected chi connectivity index (χ1v) is 9.99. The van der Waals surface area contributed by atoms with E-state index in [1.54, 1.807) is 0 Å². The minimum Gasteiger partial charge on any atom is -0.481 e. The quantitative estimate of drug-likeness (QED) is 0.315. The van der Waals surface area contributed by atoms with Gasteiger partial charge in [-0.1, -0.05) is 0 Å². The molecule has 0 rings (SSSR count). The van der Waals surface area contributed by atoms with Crippen molar-refractivity contribution in [2.24, 2.45) is 0 Å². The molecule has 0 amide bonds. The molecular weight excluding hydrogens is 311 g/mol. The van der Waals surface area contributed by atoms with Gasteiger partial charge in [-0.3, -0.25) is 14.1 Å². The van der Waals surface area contributed by atoms with Gasteiger partial charge in [-0.15, -0.1) is 0 Å². The van der Waals surface area contributed by atoms with Crippen LogP contribution in [0.5, 0.6) is 0 Å². The van der Waals surface area contributed by atoms with Crippen LogP contribution in [0.15, 0.2) is 0 Å². The molecule has 0 aliphatic heterocycles. The first-order valence-electron chi connectivity index (χ1n) is 7.07.